The number of carboxylic acid groups (broad SMARTS) is 1. The summed E-state index contributed by atoms with van der Waals surface area (Å²) in [6.07, 6.45) is 1.93. The van der Waals surface area contributed by atoms with Crippen molar-refractivity contribution in [1.82, 2.24) is 4.90 Å². The summed E-state index contributed by atoms with van der Waals surface area (Å²) in [5.74, 6) is -1.22. The van der Waals surface area contributed by atoms with Gasteiger partial charge in [-0.3, -0.25) is 24.6 Å². The normalized spacial score (nSPS) is 15.2. The van der Waals surface area contributed by atoms with Crippen LogP contribution in [0.2, 0.25) is 0 Å². The largest absolute Gasteiger partial charge is 0.481 e. The Morgan fingerprint density at radius 2 is 1.83 bits per heavy atom. The highest BCUT2D eigenvalue weighted by Crippen LogP contribution is 2.37. The monoisotopic (exact) mass is 428 g/mol. The maximum absolute atomic E-state index is 12.7. The summed E-state index contributed by atoms with van der Waals surface area (Å²) in [6, 6.07) is 13.5. The van der Waals surface area contributed by atoms with Gasteiger partial charge in [-0.25, -0.2) is 0 Å². The number of rotatable bonds is 7. The van der Waals surface area contributed by atoms with Crippen LogP contribution in [0.1, 0.15) is 18.4 Å². The first-order chi connectivity index (χ1) is 13.9. The van der Waals surface area contributed by atoms with Gasteiger partial charge in [-0.05, 0) is 29.7 Å². The number of nitrogens with zero attached hydrogens (tertiary/aromatic N) is 2. The van der Waals surface area contributed by atoms with Crippen LogP contribution in [0.4, 0.5) is 5.69 Å². The molecule has 29 heavy (non-hydrogen) atoms. The van der Waals surface area contributed by atoms with Gasteiger partial charge in [0.1, 0.15) is 4.32 Å². The molecule has 1 fully saturated rings. The van der Waals surface area contributed by atoms with Gasteiger partial charge in [0.2, 0.25) is 0 Å². The van der Waals surface area contributed by atoms with Crippen molar-refractivity contribution in [2.24, 2.45) is 0 Å². The predicted molar refractivity (Wildman–Crippen MR) is 115 cm³/mol. The van der Waals surface area contributed by atoms with Gasteiger partial charge in [0.25, 0.3) is 11.6 Å². The molecule has 1 aliphatic heterocycles. The number of hydrogen-bond acceptors (Lipinski definition) is 6. The number of hydrogen-bond donors (Lipinski definition) is 1. The zero-order chi connectivity index (χ0) is 21.0. The zero-order valence-corrected chi connectivity index (χ0v) is 16.7. The Morgan fingerprint density at radius 3 is 2.52 bits per heavy atom. The van der Waals surface area contributed by atoms with Crippen LogP contribution in [0, 0.1) is 10.1 Å². The molecular weight excluding hydrogens is 412 g/mol. The molecule has 1 heterocycles. The number of benzene rings is 2. The molecule has 1 amide bonds. The lowest BCUT2D eigenvalue weighted by Crippen LogP contribution is -2.29. The highest BCUT2D eigenvalue weighted by molar-refractivity contribution is 8.26. The minimum atomic E-state index is -0.927. The van der Waals surface area contributed by atoms with Crippen molar-refractivity contribution in [3.63, 3.8) is 0 Å². The maximum atomic E-state index is 12.7. The summed E-state index contributed by atoms with van der Waals surface area (Å²) in [5, 5.41) is 20.2. The molecule has 3 rings (SSSR count). The van der Waals surface area contributed by atoms with E-state index in [4.69, 9.17) is 17.3 Å². The fourth-order valence-corrected chi connectivity index (χ4v) is 4.25. The van der Waals surface area contributed by atoms with Gasteiger partial charge in [-0.1, -0.05) is 60.4 Å². The zero-order valence-electron chi connectivity index (χ0n) is 15.1. The molecule has 1 N–H and O–H groups in total. The van der Waals surface area contributed by atoms with Crippen LogP contribution in [0.25, 0.3) is 17.2 Å². The number of para-hydroxylation sites is 1. The SMILES string of the molecule is O=C(O)CCCN1C(=O)/C(=C/c2ccccc2-c2ccccc2[N+](=O)[O-])SC1=S. The third-order valence-corrected chi connectivity index (χ3v) is 5.66. The predicted octanol–water partition coefficient (Wildman–Crippen LogP) is 4.33. The summed E-state index contributed by atoms with van der Waals surface area (Å²) in [5.41, 5.74) is 1.74. The van der Waals surface area contributed by atoms with Gasteiger partial charge < -0.3 is 5.11 Å². The Kier molecular flexibility index (Phi) is 6.40. The molecule has 0 aliphatic carbocycles. The molecule has 9 heteroatoms. The Bertz CT molecular complexity index is 1040. The number of carbonyl (C=O) groups excluding carboxylic acids is 1. The van der Waals surface area contributed by atoms with Crippen molar-refractivity contribution in [2.45, 2.75) is 12.8 Å². The number of thiocarbonyl (C=S) groups is 1. The number of nitro benzene ring substituents is 1. The van der Waals surface area contributed by atoms with Crippen molar-refractivity contribution >= 4 is 51.9 Å². The standard InChI is InChI=1S/C20H16N2O5S2/c23-18(24)10-5-11-21-19(25)17(29-20(21)28)12-13-6-1-2-7-14(13)15-8-3-4-9-16(15)22(26)27/h1-4,6-9,12H,5,10-11H2,(H,23,24)/b17-12-. The van der Waals surface area contributed by atoms with Crippen molar-refractivity contribution in [3.05, 3.63) is 69.1 Å². The number of carbonyl (C=O) groups is 2. The van der Waals surface area contributed by atoms with Crippen molar-refractivity contribution in [3.8, 4) is 11.1 Å². The lowest BCUT2D eigenvalue weighted by molar-refractivity contribution is -0.384. The molecule has 0 atom stereocenters. The molecule has 0 unspecified atom stereocenters. The van der Waals surface area contributed by atoms with Crippen LogP contribution >= 0.6 is 24.0 Å². The lowest BCUT2D eigenvalue weighted by Gasteiger charge is -2.13. The third kappa shape index (κ3) is 4.69. The Hall–Kier alpha value is -3.04. The van der Waals surface area contributed by atoms with Crippen LogP contribution < -0.4 is 0 Å². The lowest BCUT2D eigenvalue weighted by atomic mass is 9.98. The number of amides is 1. The second-order valence-corrected chi connectivity index (χ2v) is 7.87. The molecular formula is C20H16N2O5S2. The minimum absolute atomic E-state index is 0.0189. The molecule has 7 nitrogen and oxygen atoms in total. The molecule has 0 bridgehead atoms. The van der Waals surface area contributed by atoms with E-state index >= 15 is 0 Å². The van der Waals surface area contributed by atoms with Crippen molar-refractivity contribution in [2.75, 3.05) is 6.54 Å². The van der Waals surface area contributed by atoms with Gasteiger partial charge in [0, 0.05) is 19.0 Å². The summed E-state index contributed by atoms with van der Waals surface area (Å²) in [7, 11) is 0. The van der Waals surface area contributed by atoms with E-state index in [2.05, 4.69) is 0 Å². The average molecular weight is 428 g/mol. The van der Waals surface area contributed by atoms with Crippen molar-refractivity contribution < 1.29 is 19.6 Å². The van der Waals surface area contributed by atoms with Crippen molar-refractivity contribution in [1.29, 1.82) is 0 Å². The maximum Gasteiger partial charge on any atom is 0.303 e. The van der Waals surface area contributed by atoms with E-state index in [9.17, 15) is 19.7 Å². The van der Waals surface area contributed by atoms with E-state index in [1.165, 1.54) is 11.0 Å². The van der Waals surface area contributed by atoms with Gasteiger partial charge in [-0.2, -0.15) is 0 Å². The van der Waals surface area contributed by atoms with Gasteiger partial charge >= 0.3 is 5.97 Å². The smallest absolute Gasteiger partial charge is 0.303 e. The number of carboxylic acids is 1. The molecule has 2 aromatic rings. The fraction of sp³-hybridized carbons (Fsp3) is 0.150. The molecule has 0 radical (unpaired) electrons. The van der Waals surface area contributed by atoms with Crippen LogP contribution in [-0.4, -0.2) is 37.7 Å². The Labute approximate surface area is 176 Å². The van der Waals surface area contributed by atoms with E-state index < -0.39 is 10.9 Å². The molecule has 0 spiro atoms. The summed E-state index contributed by atoms with van der Waals surface area (Å²) < 4.78 is 0.370. The molecule has 2 aromatic carbocycles. The van der Waals surface area contributed by atoms with Crippen LogP contribution in [0.3, 0.4) is 0 Å². The quantitative estimate of drug-likeness (QED) is 0.303. The van der Waals surface area contributed by atoms with E-state index in [-0.39, 0.29) is 24.6 Å². The summed E-state index contributed by atoms with van der Waals surface area (Å²) in [4.78, 5) is 36.2. The number of aliphatic carboxylic acids is 1. The molecule has 1 saturated heterocycles. The Balaban J connectivity index is 1.93. The van der Waals surface area contributed by atoms with E-state index in [1.807, 2.05) is 0 Å². The first-order valence-corrected chi connectivity index (χ1v) is 9.91. The van der Waals surface area contributed by atoms with Crippen LogP contribution in [-0.2, 0) is 9.59 Å². The molecule has 1 aliphatic rings. The minimum Gasteiger partial charge on any atom is -0.481 e. The second-order valence-electron chi connectivity index (χ2n) is 6.19. The fourth-order valence-electron chi connectivity index (χ4n) is 2.95. The van der Waals surface area contributed by atoms with Gasteiger partial charge in [0.15, 0.2) is 0 Å². The summed E-state index contributed by atoms with van der Waals surface area (Å²) in [6.45, 7) is 0.236. The van der Waals surface area contributed by atoms with E-state index in [0.29, 0.717) is 32.3 Å². The van der Waals surface area contributed by atoms with E-state index in [1.54, 1.807) is 48.5 Å². The molecule has 0 saturated carbocycles. The van der Waals surface area contributed by atoms with E-state index in [0.717, 1.165) is 11.8 Å². The van der Waals surface area contributed by atoms with Crippen LogP contribution in [0.15, 0.2) is 53.4 Å². The average Bonchev–Trinajstić information content (AvgIpc) is 2.95. The first-order valence-electron chi connectivity index (χ1n) is 8.68. The van der Waals surface area contributed by atoms with Crippen LogP contribution in [0.5, 0.6) is 0 Å². The highest BCUT2D eigenvalue weighted by Gasteiger charge is 2.32. The molecule has 0 aromatic heterocycles. The van der Waals surface area contributed by atoms with Gasteiger partial charge in [-0.15, -0.1) is 0 Å². The number of nitro groups is 1. The summed E-state index contributed by atoms with van der Waals surface area (Å²) >= 11 is 6.40. The highest BCUT2D eigenvalue weighted by atomic mass is 32.2. The first kappa shape index (κ1) is 20.7. The number of thioether (sulfide) groups is 1. The Morgan fingerprint density at radius 1 is 1.17 bits per heavy atom. The molecule has 148 valence electrons. The topological polar surface area (TPSA) is 101 Å². The second kappa shape index (κ2) is 8.97. The van der Waals surface area contributed by atoms with Gasteiger partial charge in [0.05, 0.1) is 15.4 Å². The third-order valence-electron chi connectivity index (χ3n) is 4.28.